The van der Waals surface area contributed by atoms with E-state index in [-0.39, 0.29) is 18.4 Å². The van der Waals surface area contributed by atoms with Crippen molar-refractivity contribution in [2.24, 2.45) is 0 Å². The Bertz CT molecular complexity index is 1150. The fourth-order valence-corrected chi connectivity index (χ4v) is 4.17. The summed E-state index contributed by atoms with van der Waals surface area (Å²) in [6.07, 6.45) is 0.243. The van der Waals surface area contributed by atoms with Crippen molar-refractivity contribution in [2.45, 2.75) is 26.0 Å². The van der Waals surface area contributed by atoms with Crippen molar-refractivity contribution in [3.05, 3.63) is 93.4 Å². The predicted molar refractivity (Wildman–Crippen MR) is 122 cm³/mol. The summed E-state index contributed by atoms with van der Waals surface area (Å²) in [7, 11) is 0. The molecule has 0 saturated carbocycles. The number of hydrogen-bond donors (Lipinski definition) is 1. The minimum atomic E-state index is -0.0880. The zero-order valence-electron chi connectivity index (χ0n) is 16.5. The van der Waals surface area contributed by atoms with Gasteiger partial charge in [-0.2, -0.15) is 0 Å². The Morgan fingerprint density at radius 1 is 1.10 bits per heavy atom. The molecule has 0 fully saturated rings. The lowest BCUT2D eigenvalue weighted by Crippen LogP contribution is -2.28. The van der Waals surface area contributed by atoms with Gasteiger partial charge in [0.25, 0.3) is 0 Å². The number of fused-ring (bicyclic) bond motifs is 1. The van der Waals surface area contributed by atoms with Crippen LogP contribution in [0.3, 0.4) is 0 Å². The van der Waals surface area contributed by atoms with Crippen molar-refractivity contribution in [2.75, 3.05) is 0 Å². The van der Waals surface area contributed by atoms with Gasteiger partial charge in [-0.05, 0) is 47.5 Å². The summed E-state index contributed by atoms with van der Waals surface area (Å²) in [5, 5.41) is 8.82. The number of amides is 1. The average molecular weight is 437 g/mol. The van der Waals surface area contributed by atoms with E-state index in [4.69, 9.17) is 16.3 Å². The lowest BCUT2D eigenvalue weighted by atomic mass is 9.99. The number of halogens is 1. The van der Waals surface area contributed by atoms with Crippen LogP contribution in [0, 0.1) is 0 Å². The van der Waals surface area contributed by atoms with Gasteiger partial charge < -0.3 is 10.1 Å². The number of benzene rings is 3. The smallest absolute Gasteiger partial charge is 0.226 e. The summed E-state index contributed by atoms with van der Waals surface area (Å²) >= 11 is 7.37. The molecule has 1 N–H and O–H groups in total. The predicted octanol–water partition coefficient (Wildman–Crippen LogP) is 5.95. The number of rotatable bonds is 7. The molecular formula is C24H21ClN2O2S. The number of hydrogen-bond acceptors (Lipinski definition) is 4. The molecule has 6 heteroatoms. The van der Waals surface area contributed by atoms with E-state index in [0.717, 1.165) is 27.4 Å². The van der Waals surface area contributed by atoms with E-state index >= 15 is 0 Å². The summed E-state index contributed by atoms with van der Waals surface area (Å²) in [6.45, 7) is 2.37. The quantitative estimate of drug-likeness (QED) is 0.389. The molecule has 4 nitrogen and oxygen atoms in total. The zero-order chi connectivity index (χ0) is 20.9. The van der Waals surface area contributed by atoms with Crippen LogP contribution < -0.4 is 10.1 Å². The van der Waals surface area contributed by atoms with Crippen molar-refractivity contribution >= 4 is 39.6 Å². The normalized spacial score (nSPS) is 11.9. The van der Waals surface area contributed by atoms with Crippen LogP contribution in [0.2, 0.25) is 5.02 Å². The summed E-state index contributed by atoms with van der Waals surface area (Å²) in [5.74, 6) is 0.684. The Kier molecular flexibility index (Phi) is 6.31. The highest BCUT2D eigenvalue weighted by Crippen LogP contribution is 2.24. The van der Waals surface area contributed by atoms with E-state index in [0.29, 0.717) is 11.6 Å². The first-order valence-corrected chi connectivity index (χ1v) is 10.9. The van der Waals surface area contributed by atoms with Crippen LogP contribution in [0.25, 0.3) is 10.8 Å². The molecule has 1 heterocycles. The lowest BCUT2D eigenvalue weighted by molar-refractivity contribution is -0.121. The van der Waals surface area contributed by atoms with Gasteiger partial charge in [-0.25, -0.2) is 4.98 Å². The maximum atomic E-state index is 12.6. The molecule has 0 aliphatic heterocycles. The van der Waals surface area contributed by atoms with Crippen LogP contribution in [0.1, 0.15) is 29.2 Å². The maximum Gasteiger partial charge on any atom is 0.226 e. The van der Waals surface area contributed by atoms with E-state index < -0.39 is 0 Å². The summed E-state index contributed by atoms with van der Waals surface area (Å²) in [5.41, 5.74) is 1.86. The van der Waals surface area contributed by atoms with E-state index in [1.807, 2.05) is 42.6 Å². The van der Waals surface area contributed by atoms with Crippen LogP contribution in [0.4, 0.5) is 0 Å². The molecule has 1 aromatic heterocycles. The lowest BCUT2D eigenvalue weighted by Gasteiger charge is -2.16. The minimum absolute atomic E-state index is 0.0501. The third kappa shape index (κ3) is 4.99. The van der Waals surface area contributed by atoms with E-state index in [9.17, 15) is 4.79 Å². The fraction of sp³-hybridized carbons (Fsp3) is 0.167. The third-order valence-corrected chi connectivity index (χ3v) is 5.91. The Hall–Kier alpha value is -2.89. The molecular weight excluding hydrogens is 416 g/mol. The molecule has 0 aliphatic carbocycles. The monoisotopic (exact) mass is 436 g/mol. The summed E-state index contributed by atoms with van der Waals surface area (Å²) in [4.78, 5) is 17.1. The van der Waals surface area contributed by atoms with E-state index in [1.54, 1.807) is 12.1 Å². The van der Waals surface area contributed by atoms with Gasteiger partial charge in [0.2, 0.25) is 5.91 Å². The highest BCUT2D eigenvalue weighted by atomic mass is 35.5. The van der Waals surface area contributed by atoms with Crippen molar-refractivity contribution in [1.29, 1.82) is 0 Å². The van der Waals surface area contributed by atoms with E-state index in [2.05, 4.69) is 34.6 Å². The van der Waals surface area contributed by atoms with Crippen LogP contribution in [0.5, 0.6) is 5.75 Å². The van der Waals surface area contributed by atoms with E-state index in [1.165, 1.54) is 16.7 Å². The van der Waals surface area contributed by atoms with Crippen LogP contribution in [-0.4, -0.2) is 10.9 Å². The molecule has 1 unspecified atom stereocenters. The molecule has 1 atom stereocenters. The van der Waals surface area contributed by atoms with Gasteiger partial charge in [0.15, 0.2) is 0 Å². The van der Waals surface area contributed by atoms with Crippen molar-refractivity contribution in [1.82, 2.24) is 10.3 Å². The van der Waals surface area contributed by atoms with Gasteiger partial charge in [0, 0.05) is 10.4 Å². The van der Waals surface area contributed by atoms with Gasteiger partial charge >= 0.3 is 0 Å². The van der Waals surface area contributed by atoms with Gasteiger partial charge in [0.05, 0.1) is 18.2 Å². The maximum absolute atomic E-state index is 12.6. The second-order valence-electron chi connectivity index (χ2n) is 7.01. The second-order valence-corrected chi connectivity index (χ2v) is 8.39. The fourth-order valence-electron chi connectivity index (χ4n) is 3.34. The highest BCUT2D eigenvalue weighted by molar-refractivity contribution is 7.09. The van der Waals surface area contributed by atoms with Crippen molar-refractivity contribution in [3.63, 3.8) is 0 Å². The standard InChI is InChI=1S/C24H21ClN2O2S/c1-16(21-8-4-6-17-5-2-3-7-22(17)21)26-23(28)13-19-15-30-24(27-19)14-29-20-11-9-18(25)10-12-20/h2-12,15-16H,13-14H2,1H3,(H,26,28). The molecule has 152 valence electrons. The Labute approximate surface area is 184 Å². The number of carbonyl (C=O) groups is 1. The second kappa shape index (κ2) is 9.28. The van der Waals surface area contributed by atoms with Crippen molar-refractivity contribution in [3.8, 4) is 5.75 Å². The number of aromatic nitrogens is 1. The Morgan fingerprint density at radius 2 is 1.87 bits per heavy atom. The van der Waals surface area contributed by atoms with Gasteiger partial charge in [-0.1, -0.05) is 54.1 Å². The molecule has 30 heavy (non-hydrogen) atoms. The minimum Gasteiger partial charge on any atom is -0.486 e. The van der Waals surface area contributed by atoms with Gasteiger partial charge in [-0.3, -0.25) is 4.79 Å². The molecule has 0 radical (unpaired) electrons. The molecule has 0 aliphatic rings. The summed E-state index contributed by atoms with van der Waals surface area (Å²) < 4.78 is 5.72. The molecule has 4 rings (SSSR count). The van der Waals surface area contributed by atoms with Crippen LogP contribution >= 0.6 is 22.9 Å². The third-order valence-electron chi connectivity index (χ3n) is 4.78. The first kappa shape index (κ1) is 20.4. The number of ether oxygens (including phenoxy) is 1. The average Bonchev–Trinajstić information content (AvgIpc) is 3.20. The largest absolute Gasteiger partial charge is 0.486 e. The number of nitrogens with one attached hydrogen (secondary N) is 1. The zero-order valence-corrected chi connectivity index (χ0v) is 18.0. The first-order valence-electron chi connectivity index (χ1n) is 9.67. The Morgan fingerprint density at radius 3 is 2.70 bits per heavy atom. The van der Waals surface area contributed by atoms with Gasteiger partial charge in [-0.15, -0.1) is 11.3 Å². The van der Waals surface area contributed by atoms with Crippen LogP contribution in [-0.2, 0) is 17.8 Å². The molecule has 1 amide bonds. The molecule has 4 aromatic rings. The molecule has 0 bridgehead atoms. The number of carbonyl (C=O) groups excluding carboxylic acids is 1. The Balaban J connectivity index is 1.34. The topological polar surface area (TPSA) is 51.2 Å². The van der Waals surface area contributed by atoms with Crippen LogP contribution in [0.15, 0.2) is 72.1 Å². The summed E-state index contributed by atoms with van der Waals surface area (Å²) in [6, 6.07) is 21.5. The van der Waals surface area contributed by atoms with Gasteiger partial charge in [0.1, 0.15) is 17.4 Å². The number of nitrogens with zero attached hydrogens (tertiary/aromatic N) is 1. The number of thiazole rings is 1. The SMILES string of the molecule is CC(NC(=O)Cc1csc(COc2ccc(Cl)cc2)n1)c1cccc2ccccc12. The molecule has 3 aromatic carbocycles. The first-order chi connectivity index (χ1) is 14.6. The molecule has 0 saturated heterocycles. The highest BCUT2D eigenvalue weighted by Gasteiger charge is 2.14. The molecule has 0 spiro atoms. The van der Waals surface area contributed by atoms with Crippen molar-refractivity contribution < 1.29 is 9.53 Å².